The van der Waals surface area contributed by atoms with Gasteiger partial charge >= 0.3 is 5.97 Å². The van der Waals surface area contributed by atoms with Crippen molar-refractivity contribution in [2.24, 2.45) is 7.05 Å². The highest BCUT2D eigenvalue weighted by Crippen LogP contribution is 1.93. The van der Waals surface area contributed by atoms with Gasteiger partial charge in [0.2, 0.25) is 0 Å². The Hall–Kier alpha value is -2.11. The van der Waals surface area contributed by atoms with Crippen molar-refractivity contribution >= 4 is 11.9 Å². The molecule has 0 saturated carbocycles. The molecule has 1 aromatic heterocycles. The minimum Gasteiger partial charge on any atom is -0.468 e. The molecule has 6 nitrogen and oxygen atoms in total. The smallest absolute Gasteiger partial charge is 0.325 e. The van der Waals surface area contributed by atoms with Crippen LogP contribution < -0.4 is 10.9 Å². The van der Waals surface area contributed by atoms with Crippen LogP contribution in [0.25, 0.3) is 0 Å². The van der Waals surface area contributed by atoms with Crippen LogP contribution in [0.3, 0.4) is 0 Å². The van der Waals surface area contributed by atoms with Gasteiger partial charge in [0.25, 0.3) is 11.5 Å². The number of methoxy groups -OCH3 is 1. The first-order valence-electron chi connectivity index (χ1n) is 4.56. The molecule has 0 radical (unpaired) electrons. The number of rotatable bonds is 3. The van der Waals surface area contributed by atoms with E-state index in [-0.39, 0.29) is 17.7 Å². The predicted octanol–water partition coefficient (Wildman–Crippen LogP) is -0.712. The van der Waals surface area contributed by atoms with E-state index < -0.39 is 11.9 Å². The van der Waals surface area contributed by atoms with Gasteiger partial charge in [-0.15, -0.1) is 0 Å². The lowest BCUT2D eigenvalue weighted by Crippen LogP contribution is -2.31. The van der Waals surface area contributed by atoms with Crippen LogP contribution in [0.1, 0.15) is 10.4 Å². The monoisotopic (exact) mass is 224 g/mol. The number of aromatic nitrogens is 1. The zero-order chi connectivity index (χ0) is 12.1. The number of pyridine rings is 1. The number of hydrogen-bond acceptors (Lipinski definition) is 4. The van der Waals surface area contributed by atoms with Crippen molar-refractivity contribution in [1.82, 2.24) is 9.88 Å². The first-order valence-corrected chi connectivity index (χ1v) is 4.56. The van der Waals surface area contributed by atoms with Crippen LogP contribution in [0.2, 0.25) is 0 Å². The highest BCUT2D eigenvalue weighted by atomic mass is 16.5. The maximum atomic E-state index is 11.5. The molecular formula is C10H12N2O4. The summed E-state index contributed by atoms with van der Waals surface area (Å²) >= 11 is 0. The summed E-state index contributed by atoms with van der Waals surface area (Å²) in [4.78, 5) is 33.5. The van der Waals surface area contributed by atoms with Crippen molar-refractivity contribution in [1.29, 1.82) is 0 Å². The number of ether oxygens (including phenoxy) is 1. The third-order valence-corrected chi connectivity index (χ3v) is 1.99. The minimum atomic E-state index is -0.544. The van der Waals surface area contributed by atoms with E-state index >= 15 is 0 Å². The van der Waals surface area contributed by atoms with Gasteiger partial charge in [0.05, 0.1) is 7.11 Å². The number of hydrogen-bond donors (Lipinski definition) is 1. The number of nitrogens with one attached hydrogen (secondary N) is 1. The molecule has 0 unspecified atom stereocenters. The Labute approximate surface area is 91.8 Å². The summed E-state index contributed by atoms with van der Waals surface area (Å²) in [6.07, 6.45) is 1.48. The standard InChI is InChI=1S/C10H12N2O4/c1-12-4-3-7(5-8(12)13)10(15)11-6-9(14)16-2/h3-5H,6H2,1-2H3,(H,11,15). The summed E-state index contributed by atoms with van der Waals surface area (Å²) in [6, 6.07) is 2.70. The highest BCUT2D eigenvalue weighted by molar-refractivity contribution is 5.95. The molecule has 0 aliphatic heterocycles. The summed E-state index contributed by atoms with van der Waals surface area (Å²) in [5.41, 5.74) is -0.0716. The van der Waals surface area contributed by atoms with Crippen molar-refractivity contribution < 1.29 is 14.3 Å². The molecule has 0 saturated heterocycles. The van der Waals surface area contributed by atoms with Crippen LogP contribution in [-0.4, -0.2) is 30.1 Å². The van der Waals surface area contributed by atoms with Gasteiger partial charge in [-0.2, -0.15) is 0 Å². The molecule has 0 bridgehead atoms. The SMILES string of the molecule is COC(=O)CNC(=O)c1ccn(C)c(=O)c1. The molecule has 0 aromatic carbocycles. The van der Waals surface area contributed by atoms with Gasteiger partial charge in [0.15, 0.2) is 0 Å². The number of amides is 1. The van der Waals surface area contributed by atoms with Crippen LogP contribution in [0.4, 0.5) is 0 Å². The molecule has 0 spiro atoms. The zero-order valence-corrected chi connectivity index (χ0v) is 9.02. The maximum Gasteiger partial charge on any atom is 0.325 e. The van der Waals surface area contributed by atoms with Gasteiger partial charge in [0, 0.05) is 24.9 Å². The topological polar surface area (TPSA) is 77.4 Å². The second-order valence-electron chi connectivity index (χ2n) is 3.12. The average molecular weight is 224 g/mol. The van der Waals surface area contributed by atoms with Gasteiger partial charge in [0.1, 0.15) is 6.54 Å². The first-order chi connectivity index (χ1) is 7.54. The van der Waals surface area contributed by atoms with E-state index in [0.29, 0.717) is 0 Å². The van der Waals surface area contributed by atoms with Crippen molar-refractivity contribution in [3.63, 3.8) is 0 Å². The van der Waals surface area contributed by atoms with Gasteiger partial charge in [-0.3, -0.25) is 14.4 Å². The van der Waals surface area contributed by atoms with Gasteiger partial charge in [-0.1, -0.05) is 0 Å². The molecule has 0 aliphatic carbocycles. The lowest BCUT2D eigenvalue weighted by Gasteiger charge is -2.04. The van der Waals surface area contributed by atoms with E-state index in [9.17, 15) is 14.4 Å². The lowest BCUT2D eigenvalue weighted by molar-refractivity contribution is -0.139. The molecule has 1 aromatic rings. The second kappa shape index (κ2) is 5.11. The fourth-order valence-electron chi connectivity index (χ4n) is 1.02. The van der Waals surface area contributed by atoms with E-state index in [1.54, 1.807) is 7.05 Å². The van der Waals surface area contributed by atoms with E-state index in [1.807, 2.05) is 0 Å². The molecular weight excluding hydrogens is 212 g/mol. The number of esters is 1. The average Bonchev–Trinajstić information content (AvgIpc) is 2.29. The Bertz CT molecular complexity index is 464. The number of aryl methyl sites for hydroxylation is 1. The molecule has 1 heterocycles. The molecule has 0 atom stereocenters. The van der Waals surface area contributed by atoms with Crippen LogP contribution in [0.15, 0.2) is 23.1 Å². The Balaban J connectivity index is 2.70. The molecule has 6 heteroatoms. The fourth-order valence-corrected chi connectivity index (χ4v) is 1.02. The van der Waals surface area contributed by atoms with Crippen molar-refractivity contribution in [2.75, 3.05) is 13.7 Å². The van der Waals surface area contributed by atoms with Crippen LogP contribution in [0, 0.1) is 0 Å². The molecule has 86 valence electrons. The molecule has 16 heavy (non-hydrogen) atoms. The first kappa shape index (κ1) is 12.0. The third kappa shape index (κ3) is 2.94. The van der Waals surface area contributed by atoms with Gasteiger partial charge < -0.3 is 14.6 Å². The number of carbonyl (C=O) groups excluding carboxylic acids is 2. The van der Waals surface area contributed by atoms with E-state index in [0.717, 1.165) is 0 Å². The molecule has 1 amide bonds. The summed E-state index contributed by atoms with van der Waals surface area (Å²) in [7, 11) is 2.81. The van der Waals surface area contributed by atoms with E-state index in [4.69, 9.17) is 0 Å². The summed E-state index contributed by atoms with van der Waals surface area (Å²) in [5.74, 6) is -1.03. The number of nitrogens with zero attached hydrogens (tertiary/aromatic N) is 1. The molecule has 0 aliphatic rings. The van der Waals surface area contributed by atoms with Gasteiger partial charge in [-0.05, 0) is 6.07 Å². The minimum absolute atomic E-state index is 0.215. The van der Waals surface area contributed by atoms with Gasteiger partial charge in [-0.25, -0.2) is 0 Å². The lowest BCUT2D eigenvalue weighted by atomic mass is 10.2. The van der Waals surface area contributed by atoms with Crippen LogP contribution in [-0.2, 0) is 16.6 Å². The number of carbonyl (C=O) groups is 2. The molecule has 0 fully saturated rings. The molecule has 1 rings (SSSR count). The Morgan fingerprint density at radius 1 is 1.50 bits per heavy atom. The second-order valence-corrected chi connectivity index (χ2v) is 3.12. The summed E-state index contributed by atoms with van der Waals surface area (Å²) in [6.45, 7) is -0.218. The van der Waals surface area contributed by atoms with E-state index in [1.165, 1.54) is 30.0 Å². The van der Waals surface area contributed by atoms with Crippen molar-refractivity contribution in [3.05, 3.63) is 34.2 Å². The predicted molar refractivity (Wildman–Crippen MR) is 56.0 cm³/mol. The summed E-state index contributed by atoms with van der Waals surface area (Å²) in [5, 5.41) is 2.33. The maximum absolute atomic E-state index is 11.5. The normalized spacial score (nSPS) is 9.62. The third-order valence-electron chi connectivity index (χ3n) is 1.99. The van der Waals surface area contributed by atoms with Crippen molar-refractivity contribution in [3.8, 4) is 0 Å². The summed E-state index contributed by atoms with van der Waals surface area (Å²) < 4.78 is 5.70. The fraction of sp³-hybridized carbons (Fsp3) is 0.300. The van der Waals surface area contributed by atoms with E-state index in [2.05, 4.69) is 10.1 Å². The highest BCUT2D eigenvalue weighted by Gasteiger charge is 2.08. The Kier molecular flexibility index (Phi) is 3.82. The van der Waals surface area contributed by atoms with Crippen LogP contribution in [0.5, 0.6) is 0 Å². The largest absolute Gasteiger partial charge is 0.468 e. The quantitative estimate of drug-likeness (QED) is 0.688. The molecule has 1 N–H and O–H groups in total. The van der Waals surface area contributed by atoms with Crippen LogP contribution >= 0.6 is 0 Å². The Morgan fingerprint density at radius 3 is 2.75 bits per heavy atom. The zero-order valence-electron chi connectivity index (χ0n) is 9.02. The Morgan fingerprint density at radius 2 is 2.19 bits per heavy atom. The van der Waals surface area contributed by atoms with Crippen molar-refractivity contribution in [2.45, 2.75) is 0 Å².